The highest BCUT2D eigenvalue weighted by molar-refractivity contribution is 5.46. The molecule has 0 radical (unpaired) electrons. The van der Waals surface area contributed by atoms with Crippen LogP contribution >= 0.6 is 0 Å². The van der Waals surface area contributed by atoms with E-state index in [9.17, 15) is 9.50 Å². The summed E-state index contributed by atoms with van der Waals surface area (Å²) >= 11 is 0. The first kappa shape index (κ1) is 15.6. The lowest BCUT2D eigenvalue weighted by Gasteiger charge is -2.36. The second-order valence-corrected chi connectivity index (χ2v) is 5.75. The molecule has 5 heteroatoms. The van der Waals surface area contributed by atoms with Gasteiger partial charge in [-0.15, -0.1) is 0 Å². The molecule has 1 heterocycles. The maximum atomic E-state index is 13.0. The van der Waals surface area contributed by atoms with E-state index in [4.69, 9.17) is 4.74 Å². The predicted molar refractivity (Wildman–Crippen MR) is 88.5 cm³/mol. The maximum Gasteiger partial charge on any atom is 0.160 e. The van der Waals surface area contributed by atoms with Gasteiger partial charge in [-0.2, -0.15) is 0 Å². The Kier molecular flexibility index (Phi) is 4.67. The Morgan fingerprint density at radius 1 is 1.04 bits per heavy atom. The van der Waals surface area contributed by atoms with Crippen molar-refractivity contribution in [3.8, 4) is 11.5 Å². The predicted octanol–water partition coefficient (Wildman–Crippen LogP) is 2.86. The third-order valence-electron chi connectivity index (χ3n) is 4.21. The van der Waals surface area contributed by atoms with E-state index < -0.39 is 0 Å². The molecule has 0 aromatic heterocycles. The second kappa shape index (κ2) is 6.87. The van der Waals surface area contributed by atoms with Gasteiger partial charge in [-0.1, -0.05) is 6.07 Å². The van der Waals surface area contributed by atoms with E-state index in [1.165, 1.54) is 12.1 Å². The highest BCUT2D eigenvalue weighted by atomic mass is 19.1. The van der Waals surface area contributed by atoms with Crippen molar-refractivity contribution < 1.29 is 14.2 Å². The van der Waals surface area contributed by atoms with E-state index in [-0.39, 0.29) is 11.6 Å². The Labute approximate surface area is 135 Å². The molecule has 0 spiro atoms. The van der Waals surface area contributed by atoms with Crippen molar-refractivity contribution in [2.75, 3.05) is 38.2 Å². The number of hydrogen-bond donors (Lipinski definition) is 1. The normalized spacial score (nSPS) is 15.7. The number of hydrogen-bond acceptors (Lipinski definition) is 4. The summed E-state index contributed by atoms with van der Waals surface area (Å²) in [4.78, 5) is 4.61. The average molecular weight is 316 g/mol. The standard InChI is InChI=1S/C18H21FN2O2/c1-23-18-7-2-14(12-17(18)22)13-20-8-10-21(11-9-20)16-5-3-15(19)4-6-16/h2-7,12,22H,8-11,13H2,1H3. The van der Waals surface area contributed by atoms with Gasteiger partial charge in [0, 0.05) is 38.4 Å². The molecular formula is C18H21FN2O2. The summed E-state index contributed by atoms with van der Waals surface area (Å²) in [6, 6.07) is 12.2. The van der Waals surface area contributed by atoms with Gasteiger partial charge in [-0.25, -0.2) is 4.39 Å². The third-order valence-corrected chi connectivity index (χ3v) is 4.21. The summed E-state index contributed by atoms with van der Waals surface area (Å²) in [6.07, 6.45) is 0. The lowest BCUT2D eigenvalue weighted by atomic mass is 10.1. The van der Waals surface area contributed by atoms with Crippen LogP contribution in [0.3, 0.4) is 0 Å². The molecular weight excluding hydrogens is 295 g/mol. The van der Waals surface area contributed by atoms with Crippen LogP contribution in [0.25, 0.3) is 0 Å². The molecule has 0 bridgehead atoms. The molecule has 3 rings (SSSR count). The van der Waals surface area contributed by atoms with Gasteiger partial charge in [0.05, 0.1) is 7.11 Å². The molecule has 23 heavy (non-hydrogen) atoms. The van der Waals surface area contributed by atoms with Gasteiger partial charge in [-0.3, -0.25) is 4.90 Å². The number of nitrogens with zero attached hydrogens (tertiary/aromatic N) is 2. The lowest BCUT2D eigenvalue weighted by molar-refractivity contribution is 0.249. The van der Waals surface area contributed by atoms with Crippen molar-refractivity contribution in [1.82, 2.24) is 4.90 Å². The van der Waals surface area contributed by atoms with E-state index in [2.05, 4.69) is 9.80 Å². The lowest BCUT2D eigenvalue weighted by Crippen LogP contribution is -2.45. The number of phenols is 1. The monoisotopic (exact) mass is 316 g/mol. The van der Waals surface area contributed by atoms with Crippen molar-refractivity contribution >= 4 is 5.69 Å². The van der Waals surface area contributed by atoms with Crippen LogP contribution in [0.15, 0.2) is 42.5 Å². The second-order valence-electron chi connectivity index (χ2n) is 5.75. The number of halogens is 1. The van der Waals surface area contributed by atoms with Gasteiger partial charge in [0.1, 0.15) is 5.82 Å². The Hall–Kier alpha value is -2.27. The topological polar surface area (TPSA) is 35.9 Å². The molecule has 1 fully saturated rings. The molecule has 2 aromatic carbocycles. The Morgan fingerprint density at radius 2 is 1.74 bits per heavy atom. The fraction of sp³-hybridized carbons (Fsp3) is 0.333. The minimum Gasteiger partial charge on any atom is -0.504 e. The summed E-state index contributed by atoms with van der Waals surface area (Å²) in [5, 5.41) is 9.85. The fourth-order valence-electron chi connectivity index (χ4n) is 2.91. The van der Waals surface area contributed by atoms with Crippen LogP contribution in [0.5, 0.6) is 11.5 Å². The molecule has 0 atom stereocenters. The third kappa shape index (κ3) is 3.74. The summed E-state index contributed by atoms with van der Waals surface area (Å²) in [5.74, 6) is 0.469. The van der Waals surface area contributed by atoms with E-state index in [0.717, 1.165) is 44.0 Å². The molecule has 0 amide bonds. The number of piperazine rings is 1. The van der Waals surface area contributed by atoms with Crippen molar-refractivity contribution in [2.24, 2.45) is 0 Å². The molecule has 0 saturated carbocycles. The molecule has 2 aromatic rings. The largest absolute Gasteiger partial charge is 0.504 e. The summed E-state index contributed by atoms with van der Waals surface area (Å²) in [5.41, 5.74) is 2.13. The number of phenolic OH excluding ortho intramolecular Hbond substituents is 1. The molecule has 1 saturated heterocycles. The molecule has 1 aliphatic heterocycles. The first-order chi connectivity index (χ1) is 11.2. The van der Waals surface area contributed by atoms with Gasteiger partial charge in [0.2, 0.25) is 0 Å². The minimum absolute atomic E-state index is 0.176. The Morgan fingerprint density at radius 3 is 2.35 bits per heavy atom. The van der Waals surface area contributed by atoms with E-state index in [1.54, 1.807) is 19.2 Å². The van der Waals surface area contributed by atoms with Crippen LogP contribution < -0.4 is 9.64 Å². The van der Waals surface area contributed by atoms with E-state index in [0.29, 0.717) is 5.75 Å². The molecule has 0 unspecified atom stereocenters. The highest BCUT2D eigenvalue weighted by Gasteiger charge is 2.17. The number of ether oxygens (including phenoxy) is 1. The summed E-state index contributed by atoms with van der Waals surface area (Å²) < 4.78 is 18.1. The van der Waals surface area contributed by atoms with Crippen molar-refractivity contribution in [3.63, 3.8) is 0 Å². The zero-order chi connectivity index (χ0) is 16.2. The van der Waals surface area contributed by atoms with Gasteiger partial charge in [-0.05, 0) is 42.0 Å². The van der Waals surface area contributed by atoms with Crippen LogP contribution in [0, 0.1) is 5.82 Å². The highest BCUT2D eigenvalue weighted by Crippen LogP contribution is 2.27. The minimum atomic E-state index is -0.202. The zero-order valence-electron chi connectivity index (χ0n) is 13.2. The summed E-state index contributed by atoms with van der Waals surface area (Å²) in [6.45, 7) is 4.49. The SMILES string of the molecule is COc1ccc(CN2CCN(c3ccc(F)cc3)CC2)cc1O. The number of aromatic hydroxyl groups is 1. The molecule has 1 aliphatic rings. The fourth-order valence-corrected chi connectivity index (χ4v) is 2.91. The van der Waals surface area contributed by atoms with E-state index >= 15 is 0 Å². The van der Waals surface area contributed by atoms with Crippen molar-refractivity contribution in [1.29, 1.82) is 0 Å². The molecule has 0 aliphatic carbocycles. The Balaban J connectivity index is 1.56. The molecule has 122 valence electrons. The van der Waals surface area contributed by atoms with Crippen LogP contribution in [0.1, 0.15) is 5.56 Å². The zero-order valence-corrected chi connectivity index (χ0v) is 13.2. The van der Waals surface area contributed by atoms with E-state index in [1.807, 2.05) is 18.2 Å². The average Bonchev–Trinajstić information content (AvgIpc) is 2.57. The number of methoxy groups -OCH3 is 1. The van der Waals surface area contributed by atoms with Crippen LogP contribution in [-0.2, 0) is 6.54 Å². The Bertz CT molecular complexity index is 653. The van der Waals surface area contributed by atoms with Crippen molar-refractivity contribution in [3.05, 3.63) is 53.8 Å². The molecule has 1 N–H and O–H groups in total. The van der Waals surface area contributed by atoms with Crippen LogP contribution in [0.2, 0.25) is 0 Å². The number of anilines is 1. The summed E-state index contributed by atoms with van der Waals surface area (Å²) in [7, 11) is 1.55. The van der Waals surface area contributed by atoms with Gasteiger partial charge in [0.25, 0.3) is 0 Å². The van der Waals surface area contributed by atoms with Crippen LogP contribution in [0.4, 0.5) is 10.1 Å². The van der Waals surface area contributed by atoms with Gasteiger partial charge >= 0.3 is 0 Å². The quantitative estimate of drug-likeness (QED) is 0.941. The number of benzene rings is 2. The van der Waals surface area contributed by atoms with Gasteiger partial charge < -0.3 is 14.7 Å². The van der Waals surface area contributed by atoms with Crippen LogP contribution in [-0.4, -0.2) is 43.3 Å². The van der Waals surface area contributed by atoms with Crippen molar-refractivity contribution in [2.45, 2.75) is 6.54 Å². The number of rotatable bonds is 4. The van der Waals surface area contributed by atoms with Gasteiger partial charge in [0.15, 0.2) is 11.5 Å². The first-order valence-corrected chi connectivity index (χ1v) is 7.74. The molecule has 4 nitrogen and oxygen atoms in total. The first-order valence-electron chi connectivity index (χ1n) is 7.74. The maximum absolute atomic E-state index is 13.0. The smallest absolute Gasteiger partial charge is 0.160 e.